The van der Waals surface area contributed by atoms with Gasteiger partial charge in [-0.1, -0.05) is 0 Å². The minimum Gasteiger partial charge on any atom is -0.467 e. The molecule has 0 bridgehead atoms. The molecule has 12 N–H and O–H groups in total. The van der Waals surface area contributed by atoms with Crippen LogP contribution in [0, 0.1) is 0 Å². The molecule has 11 atom stereocenters. The van der Waals surface area contributed by atoms with Gasteiger partial charge in [0.1, 0.15) is 35.8 Å². The van der Waals surface area contributed by atoms with Gasteiger partial charge in [-0.25, -0.2) is 0 Å². The summed E-state index contributed by atoms with van der Waals surface area (Å²) in [5, 5.41) is 34.9. The van der Waals surface area contributed by atoms with Crippen LogP contribution in [0.2, 0.25) is 0 Å². The zero-order chi connectivity index (χ0) is 22.9. The van der Waals surface area contributed by atoms with Crippen molar-refractivity contribution in [3.05, 3.63) is 11.8 Å². The van der Waals surface area contributed by atoms with Gasteiger partial charge in [-0.3, -0.25) is 0 Å². The Morgan fingerprint density at radius 2 is 1.71 bits per heavy atom. The lowest BCUT2D eigenvalue weighted by molar-refractivity contribution is -0.303. The Kier molecular flexibility index (Phi) is 7.92. The second-order valence-electron chi connectivity index (χ2n) is 8.81. The molecule has 0 aromatic rings. The predicted molar refractivity (Wildman–Crippen MR) is 110 cm³/mol. The summed E-state index contributed by atoms with van der Waals surface area (Å²) in [6, 6.07) is -2.37. The van der Waals surface area contributed by atoms with Crippen molar-refractivity contribution in [3.8, 4) is 0 Å². The molecule has 2 aliphatic heterocycles. The lowest BCUT2D eigenvalue weighted by Crippen LogP contribution is -2.68. The van der Waals surface area contributed by atoms with Gasteiger partial charge < -0.3 is 62.5 Å². The molecule has 0 unspecified atom stereocenters. The van der Waals surface area contributed by atoms with Gasteiger partial charge in [0.2, 0.25) is 6.29 Å². The standard InChI is InChI=1S/C19H37N5O7/c1-19(27)7-28-18(13(26)16(19)24-2)31-15-11(23)5-10(22)14(12(15)25)30-17-9(21)4-3-8(6-20)29-17/h3,9-18,24-27H,4-7,20-23H2,1-2H3/t9-,10-,11+,12-,13-,14+,15-,16+,17-,18-,19+/m1/s1. The fourth-order valence-electron chi connectivity index (χ4n) is 4.44. The summed E-state index contributed by atoms with van der Waals surface area (Å²) in [6.45, 7) is 1.68. The van der Waals surface area contributed by atoms with Crippen LogP contribution in [-0.2, 0) is 18.9 Å². The first-order chi connectivity index (χ1) is 14.6. The summed E-state index contributed by atoms with van der Waals surface area (Å²) in [6.07, 6.45) is -3.56. The van der Waals surface area contributed by atoms with E-state index < -0.39 is 66.8 Å². The molecule has 2 fully saturated rings. The van der Waals surface area contributed by atoms with E-state index in [4.69, 9.17) is 41.9 Å². The third kappa shape index (κ3) is 5.20. The molecule has 3 rings (SSSR count). The third-order valence-corrected chi connectivity index (χ3v) is 6.22. The van der Waals surface area contributed by atoms with E-state index in [1.807, 2.05) is 0 Å². The molecule has 3 aliphatic rings. The van der Waals surface area contributed by atoms with Crippen molar-refractivity contribution in [2.45, 2.75) is 86.5 Å². The smallest absolute Gasteiger partial charge is 0.215 e. The first-order valence-corrected chi connectivity index (χ1v) is 10.6. The van der Waals surface area contributed by atoms with Gasteiger partial charge in [0.05, 0.1) is 25.2 Å². The quantitative estimate of drug-likeness (QED) is 0.196. The second-order valence-corrected chi connectivity index (χ2v) is 8.81. The SMILES string of the molecule is CN[C@H]1[C@@H](O)[C@@H](O[C@H]2[C@H](O)[C@@H](O[C@H]3OC(CN)=CC[C@H]3N)[C@H](N)C[C@@H]2N)OC[C@]1(C)O. The minimum absolute atomic E-state index is 0.0727. The average molecular weight is 448 g/mol. The molecule has 12 nitrogen and oxygen atoms in total. The van der Waals surface area contributed by atoms with Crippen LogP contribution in [0.25, 0.3) is 0 Å². The summed E-state index contributed by atoms with van der Waals surface area (Å²) in [5.41, 5.74) is 22.9. The molecule has 1 aliphatic carbocycles. The van der Waals surface area contributed by atoms with Crippen molar-refractivity contribution in [1.82, 2.24) is 5.32 Å². The highest BCUT2D eigenvalue weighted by molar-refractivity contribution is 5.04. The number of ether oxygens (including phenoxy) is 4. The van der Waals surface area contributed by atoms with E-state index in [0.717, 1.165) is 0 Å². The largest absolute Gasteiger partial charge is 0.467 e. The van der Waals surface area contributed by atoms with Crippen LogP contribution in [0.1, 0.15) is 19.8 Å². The predicted octanol–water partition coefficient (Wildman–Crippen LogP) is -3.85. The monoisotopic (exact) mass is 447 g/mol. The van der Waals surface area contributed by atoms with Gasteiger partial charge >= 0.3 is 0 Å². The molecule has 0 aromatic carbocycles. The third-order valence-electron chi connectivity index (χ3n) is 6.22. The highest BCUT2D eigenvalue weighted by Crippen LogP contribution is 2.31. The maximum atomic E-state index is 11.0. The first-order valence-electron chi connectivity index (χ1n) is 10.6. The highest BCUT2D eigenvalue weighted by atomic mass is 16.7. The van der Waals surface area contributed by atoms with Crippen molar-refractivity contribution in [3.63, 3.8) is 0 Å². The summed E-state index contributed by atoms with van der Waals surface area (Å²) >= 11 is 0. The van der Waals surface area contributed by atoms with Crippen molar-refractivity contribution in [1.29, 1.82) is 0 Å². The molecule has 0 aromatic heterocycles. The van der Waals surface area contributed by atoms with Gasteiger partial charge in [0.25, 0.3) is 0 Å². The number of likely N-dealkylation sites (N-methyl/N-ethyl adjacent to an activating group) is 1. The Labute approximate surface area is 181 Å². The van der Waals surface area contributed by atoms with E-state index in [1.165, 1.54) is 0 Å². The summed E-state index contributed by atoms with van der Waals surface area (Å²) < 4.78 is 23.1. The van der Waals surface area contributed by atoms with Gasteiger partial charge in [-0.05, 0) is 32.9 Å². The van der Waals surface area contributed by atoms with Crippen LogP contribution in [0.5, 0.6) is 0 Å². The Hall–Kier alpha value is -0.900. The van der Waals surface area contributed by atoms with E-state index in [0.29, 0.717) is 18.6 Å². The van der Waals surface area contributed by atoms with E-state index in [1.54, 1.807) is 20.0 Å². The molecule has 0 radical (unpaired) electrons. The van der Waals surface area contributed by atoms with Crippen molar-refractivity contribution in [2.75, 3.05) is 20.2 Å². The van der Waals surface area contributed by atoms with Crippen LogP contribution in [0.3, 0.4) is 0 Å². The maximum Gasteiger partial charge on any atom is 0.215 e. The van der Waals surface area contributed by atoms with E-state index in [9.17, 15) is 15.3 Å². The number of hydrogen-bond acceptors (Lipinski definition) is 12. The Balaban J connectivity index is 1.69. The average Bonchev–Trinajstić information content (AvgIpc) is 2.71. The zero-order valence-corrected chi connectivity index (χ0v) is 18.0. The van der Waals surface area contributed by atoms with E-state index in [-0.39, 0.29) is 13.2 Å². The molecule has 12 heteroatoms. The number of nitrogens with one attached hydrogen (secondary N) is 1. The molecule has 180 valence electrons. The molecule has 0 amide bonds. The second kappa shape index (κ2) is 9.93. The number of nitrogens with two attached hydrogens (primary N) is 4. The number of aliphatic hydroxyl groups excluding tert-OH is 2. The van der Waals surface area contributed by atoms with Gasteiger partial charge in [0, 0.05) is 12.1 Å². The number of rotatable bonds is 6. The lowest BCUT2D eigenvalue weighted by Gasteiger charge is -2.48. The van der Waals surface area contributed by atoms with Crippen LogP contribution in [0.4, 0.5) is 0 Å². The van der Waals surface area contributed by atoms with Crippen LogP contribution >= 0.6 is 0 Å². The Morgan fingerprint density at radius 3 is 2.29 bits per heavy atom. The molecule has 0 spiro atoms. The normalized spacial score (nSPS) is 48.7. The minimum atomic E-state index is -1.29. The van der Waals surface area contributed by atoms with Gasteiger partial charge in [-0.15, -0.1) is 0 Å². The molecular weight excluding hydrogens is 410 g/mol. The summed E-state index contributed by atoms with van der Waals surface area (Å²) in [5.74, 6) is 0.555. The van der Waals surface area contributed by atoms with Crippen molar-refractivity contribution < 1.29 is 34.3 Å². The number of hydrogen-bond donors (Lipinski definition) is 8. The van der Waals surface area contributed by atoms with E-state index in [2.05, 4.69) is 5.32 Å². The van der Waals surface area contributed by atoms with Gasteiger partial charge in [-0.2, -0.15) is 0 Å². The maximum absolute atomic E-state index is 11.0. The summed E-state index contributed by atoms with van der Waals surface area (Å²) in [7, 11) is 1.62. The van der Waals surface area contributed by atoms with Gasteiger partial charge in [0.15, 0.2) is 6.29 Å². The van der Waals surface area contributed by atoms with E-state index >= 15 is 0 Å². The van der Waals surface area contributed by atoms with Crippen molar-refractivity contribution in [2.24, 2.45) is 22.9 Å². The topological polar surface area (TPSA) is 214 Å². The molecule has 31 heavy (non-hydrogen) atoms. The fraction of sp³-hybridized carbons (Fsp3) is 0.895. The summed E-state index contributed by atoms with van der Waals surface area (Å²) in [4.78, 5) is 0. The molecule has 1 saturated heterocycles. The lowest BCUT2D eigenvalue weighted by atomic mass is 9.84. The van der Waals surface area contributed by atoms with Crippen LogP contribution in [0.15, 0.2) is 11.8 Å². The first kappa shape index (κ1) is 24.7. The van der Waals surface area contributed by atoms with Crippen LogP contribution in [-0.4, -0.2) is 102 Å². The molecule has 1 saturated carbocycles. The molecule has 2 heterocycles. The Bertz CT molecular complexity index is 639. The number of aliphatic hydroxyl groups is 3. The van der Waals surface area contributed by atoms with Crippen molar-refractivity contribution >= 4 is 0 Å². The Morgan fingerprint density at radius 1 is 1.10 bits per heavy atom. The zero-order valence-electron chi connectivity index (χ0n) is 18.0. The highest BCUT2D eigenvalue weighted by Gasteiger charge is 2.50. The van der Waals surface area contributed by atoms with Crippen LogP contribution < -0.4 is 28.3 Å². The molecular formula is C19H37N5O7. The fourth-order valence-corrected chi connectivity index (χ4v) is 4.44.